The molecular formula is C20H19N3O4S. The molecular weight excluding hydrogens is 378 g/mol. The zero-order chi connectivity index (χ0) is 19.9. The number of ether oxygens (including phenoxy) is 1. The van der Waals surface area contributed by atoms with Crippen molar-refractivity contribution in [2.24, 2.45) is 10.2 Å². The van der Waals surface area contributed by atoms with Crippen molar-refractivity contribution >= 4 is 35.0 Å². The van der Waals surface area contributed by atoms with E-state index in [0.29, 0.717) is 11.8 Å². The zero-order valence-corrected chi connectivity index (χ0v) is 16.0. The molecule has 0 bridgehead atoms. The first-order valence-corrected chi connectivity index (χ1v) is 9.47. The number of carbonyl (C=O) groups is 2. The number of nitrogens with zero attached hydrogens (tertiary/aromatic N) is 2. The van der Waals surface area contributed by atoms with E-state index in [1.54, 1.807) is 6.21 Å². The summed E-state index contributed by atoms with van der Waals surface area (Å²) in [7, 11) is 0. The molecule has 1 aliphatic heterocycles. The Hall–Kier alpha value is -3.13. The molecule has 2 N–H and O–H groups in total. The van der Waals surface area contributed by atoms with Crippen molar-refractivity contribution in [1.29, 1.82) is 0 Å². The third-order valence-corrected chi connectivity index (χ3v) is 5.10. The Morgan fingerprint density at radius 1 is 1.25 bits per heavy atom. The van der Waals surface area contributed by atoms with Gasteiger partial charge >= 0.3 is 5.97 Å². The fourth-order valence-corrected chi connectivity index (χ4v) is 3.39. The van der Waals surface area contributed by atoms with Gasteiger partial charge in [0.2, 0.25) is 5.91 Å². The number of carbonyl (C=O) groups excluding carboxylic acids is 1. The summed E-state index contributed by atoms with van der Waals surface area (Å²) in [5.41, 5.74) is 3.15. The van der Waals surface area contributed by atoms with Gasteiger partial charge in [-0.05, 0) is 47.9 Å². The first kappa shape index (κ1) is 19.6. The first-order chi connectivity index (χ1) is 13.5. The highest BCUT2D eigenvalue weighted by Crippen LogP contribution is 2.22. The summed E-state index contributed by atoms with van der Waals surface area (Å²) in [6.07, 6.45) is 1.30. The van der Waals surface area contributed by atoms with Crippen LogP contribution in [-0.4, -0.2) is 33.6 Å². The summed E-state index contributed by atoms with van der Waals surface area (Å²) < 4.78 is 5.80. The lowest BCUT2D eigenvalue weighted by molar-refractivity contribution is -0.138. The van der Waals surface area contributed by atoms with Gasteiger partial charge in [0, 0.05) is 0 Å². The lowest BCUT2D eigenvalue weighted by Crippen LogP contribution is -2.26. The van der Waals surface area contributed by atoms with E-state index in [2.05, 4.69) is 28.5 Å². The molecule has 0 aliphatic carbocycles. The van der Waals surface area contributed by atoms with Gasteiger partial charge in [-0.25, -0.2) is 0 Å². The van der Waals surface area contributed by atoms with Gasteiger partial charge in [-0.3, -0.25) is 9.59 Å². The molecule has 2 aromatic carbocycles. The monoisotopic (exact) mass is 397 g/mol. The van der Waals surface area contributed by atoms with Crippen LogP contribution in [0.1, 0.15) is 23.1 Å². The molecule has 7 nitrogen and oxygen atoms in total. The lowest BCUT2D eigenvalue weighted by Gasteiger charge is -2.08. The van der Waals surface area contributed by atoms with Crippen LogP contribution in [0.15, 0.2) is 58.7 Å². The molecule has 0 spiro atoms. The molecule has 144 valence electrons. The number of thioether (sulfide) groups is 1. The quantitative estimate of drug-likeness (QED) is 0.553. The van der Waals surface area contributed by atoms with Crippen LogP contribution in [0, 0.1) is 6.92 Å². The zero-order valence-electron chi connectivity index (χ0n) is 15.2. The van der Waals surface area contributed by atoms with Crippen LogP contribution in [0.3, 0.4) is 0 Å². The van der Waals surface area contributed by atoms with Crippen molar-refractivity contribution in [1.82, 2.24) is 5.32 Å². The van der Waals surface area contributed by atoms with E-state index in [1.165, 1.54) is 5.56 Å². The summed E-state index contributed by atoms with van der Waals surface area (Å²) in [5, 5.41) is 18.8. The maximum absolute atomic E-state index is 11.6. The van der Waals surface area contributed by atoms with Crippen molar-refractivity contribution in [3.8, 4) is 5.75 Å². The number of aliphatic carboxylic acids is 1. The Labute approximate surface area is 166 Å². The average molecular weight is 397 g/mol. The number of amidine groups is 1. The Morgan fingerprint density at radius 3 is 2.71 bits per heavy atom. The van der Waals surface area contributed by atoms with Gasteiger partial charge in [0.05, 0.1) is 12.6 Å². The molecule has 0 radical (unpaired) electrons. The normalized spacial score (nSPS) is 17.8. The molecule has 1 saturated heterocycles. The third kappa shape index (κ3) is 5.43. The minimum Gasteiger partial charge on any atom is -0.489 e. The van der Waals surface area contributed by atoms with Gasteiger partial charge in [-0.15, -0.1) is 5.10 Å². The second-order valence-corrected chi connectivity index (χ2v) is 7.32. The SMILES string of the molecule is Cc1ccccc1COc1ccc(/C=N\N=C2\NC(=O)[C@H](CC(=O)O)S2)cc1. The van der Waals surface area contributed by atoms with E-state index < -0.39 is 11.2 Å². The van der Waals surface area contributed by atoms with E-state index in [4.69, 9.17) is 9.84 Å². The predicted octanol–water partition coefficient (Wildman–Crippen LogP) is 2.97. The van der Waals surface area contributed by atoms with Crippen molar-refractivity contribution in [3.63, 3.8) is 0 Å². The predicted molar refractivity (Wildman–Crippen MR) is 109 cm³/mol. The Balaban J connectivity index is 1.53. The molecule has 1 aliphatic rings. The largest absolute Gasteiger partial charge is 0.489 e. The molecule has 1 heterocycles. The number of amides is 1. The minimum atomic E-state index is -1.03. The number of hydrogen-bond acceptors (Lipinski definition) is 6. The molecule has 0 aromatic heterocycles. The molecule has 0 unspecified atom stereocenters. The van der Waals surface area contributed by atoms with Crippen LogP contribution in [0.25, 0.3) is 0 Å². The van der Waals surface area contributed by atoms with Crippen molar-refractivity contribution in [3.05, 3.63) is 65.2 Å². The van der Waals surface area contributed by atoms with Crippen LogP contribution in [-0.2, 0) is 16.2 Å². The Bertz CT molecular complexity index is 925. The molecule has 0 saturated carbocycles. The maximum Gasteiger partial charge on any atom is 0.305 e. The third-order valence-electron chi connectivity index (χ3n) is 4.03. The van der Waals surface area contributed by atoms with Gasteiger partial charge in [0.1, 0.15) is 17.6 Å². The molecule has 1 fully saturated rings. The summed E-state index contributed by atoms with van der Waals surface area (Å²) in [6, 6.07) is 15.5. The van der Waals surface area contributed by atoms with Crippen molar-refractivity contribution in [2.75, 3.05) is 0 Å². The number of carboxylic acid groups (broad SMARTS) is 1. The van der Waals surface area contributed by atoms with Crippen molar-refractivity contribution in [2.45, 2.75) is 25.2 Å². The molecule has 1 amide bonds. The first-order valence-electron chi connectivity index (χ1n) is 8.59. The van der Waals surface area contributed by atoms with Gasteiger partial charge in [-0.2, -0.15) is 5.10 Å². The van der Waals surface area contributed by atoms with Crippen LogP contribution in [0.5, 0.6) is 5.75 Å². The van der Waals surface area contributed by atoms with E-state index in [9.17, 15) is 9.59 Å². The van der Waals surface area contributed by atoms with Gasteiger partial charge in [0.25, 0.3) is 0 Å². The minimum absolute atomic E-state index is 0.247. The number of carboxylic acids is 1. The molecule has 3 rings (SSSR count). The van der Waals surface area contributed by atoms with Gasteiger partial charge in [-0.1, -0.05) is 36.0 Å². The second-order valence-electron chi connectivity index (χ2n) is 6.13. The van der Waals surface area contributed by atoms with Crippen LogP contribution in [0.4, 0.5) is 0 Å². The smallest absolute Gasteiger partial charge is 0.305 e. The average Bonchev–Trinajstić information content (AvgIpc) is 3.01. The number of nitrogens with one attached hydrogen (secondary N) is 1. The van der Waals surface area contributed by atoms with Crippen LogP contribution >= 0.6 is 11.8 Å². The topological polar surface area (TPSA) is 100 Å². The highest BCUT2D eigenvalue weighted by atomic mass is 32.2. The molecule has 28 heavy (non-hydrogen) atoms. The fraction of sp³-hybridized carbons (Fsp3) is 0.200. The van der Waals surface area contributed by atoms with Crippen LogP contribution in [0.2, 0.25) is 0 Å². The summed E-state index contributed by atoms with van der Waals surface area (Å²) in [4.78, 5) is 22.3. The highest BCUT2D eigenvalue weighted by Gasteiger charge is 2.32. The number of benzene rings is 2. The number of hydrogen-bond donors (Lipinski definition) is 2. The van der Waals surface area contributed by atoms with Gasteiger partial charge < -0.3 is 15.2 Å². The van der Waals surface area contributed by atoms with Crippen LogP contribution < -0.4 is 10.1 Å². The van der Waals surface area contributed by atoms with Gasteiger partial charge in [0.15, 0.2) is 5.17 Å². The highest BCUT2D eigenvalue weighted by molar-refractivity contribution is 8.15. The van der Waals surface area contributed by atoms with E-state index in [1.807, 2.05) is 42.5 Å². The summed E-state index contributed by atoms with van der Waals surface area (Å²) in [5.74, 6) is -0.638. The molecule has 8 heteroatoms. The van der Waals surface area contributed by atoms with E-state index in [-0.39, 0.29) is 12.3 Å². The Morgan fingerprint density at radius 2 is 2.00 bits per heavy atom. The van der Waals surface area contributed by atoms with Crippen molar-refractivity contribution < 1.29 is 19.4 Å². The lowest BCUT2D eigenvalue weighted by atomic mass is 10.1. The van der Waals surface area contributed by atoms with E-state index in [0.717, 1.165) is 28.6 Å². The number of aryl methyl sites for hydroxylation is 1. The fourth-order valence-electron chi connectivity index (χ4n) is 2.48. The van der Waals surface area contributed by atoms with E-state index >= 15 is 0 Å². The molecule has 1 atom stereocenters. The Kier molecular flexibility index (Phi) is 6.44. The maximum atomic E-state index is 11.6. The molecule has 2 aromatic rings. The number of rotatable bonds is 7. The summed E-state index contributed by atoms with van der Waals surface area (Å²) in [6.45, 7) is 2.55. The summed E-state index contributed by atoms with van der Waals surface area (Å²) >= 11 is 1.07. The second kappa shape index (κ2) is 9.18. The standard InChI is InChI=1S/C20H19N3O4S/c1-13-4-2-3-5-15(13)12-27-16-8-6-14(7-9-16)11-21-23-20-22-19(26)17(28-20)10-18(24)25/h2-9,11,17H,10,12H2,1H3,(H,24,25)(H,22,23,26)/b21-11-/t17-/m0/s1.